The smallest absolute Gasteiger partial charge is 0.267 e. The number of ether oxygens (including phenoxy) is 1. The minimum atomic E-state index is -0.372. The molecule has 1 saturated carbocycles. The molecule has 0 aromatic heterocycles. The lowest BCUT2D eigenvalue weighted by Gasteiger charge is -2.21. The van der Waals surface area contributed by atoms with E-state index in [-0.39, 0.29) is 22.9 Å². The third-order valence-corrected chi connectivity index (χ3v) is 3.87. The molecule has 2 aliphatic carbocycles. The van der Waals surface area contributed by atoms with Gasteiger partial charge in [-0.3, -0.25) is 9.59 Å². The lowest BCUT2D eigenvalue weighted by atomic mass is 9.76. The van der Waals surface area contributed by atoms with Gasteiger partial charge in [-0.25, -0.2) is 0 Å². The Bertz CT molecular complexity index is 388. The van der Waals surface area contributed by atoms with Gasteiger partial charge >= 0.3 is 0 Å². The van der Waals surface area contributed by atoms with Gasteiger partial charge in [0.2, 0.25) is 11.5 Å². The van der Waals surface area contributed by atoms with Gasteiger partial charge in [0.25, 0.3) is 5.78 Å². The summed E-state index contributed by atoms with van der Waals surface area (Å²) in [6.45, 7) is 2.10. The summed E-state index contributed by atoms with van der Waals surface area (Å²) < 4.78 is 5.21. The first-order valence-corrected chi connectivity index (χ1v) is 5.72. The molecule has 15 heavy (non-hydrogen) atoms. The number of ketones is 2. The summed E-state index contributed by atoms with van der Waals surface area (Å²) in [6.07, 6.45) is 4.99. The molecule has 1 fully saturated rings. The highest BCUT2D eigenvalue weighted by Gasteiger charge is 2.67. The summed E-state index contributed by atoms with van der Waals surface area (Å²) >= 11 is 0. The lowest BCUT2D eigenvalue weighted by Crippen LogP contribution is -2.33. The van der Waals surface area contributed by atoms with Crippen molar-refractivity contribution in [2.45, 2.75) is 39.0 Å². The number of rotatable bonds is 3. The van der Waals surface area contributed by atoms with Gasteiger partial charge in [-0.1, -0.05) is 19.8 Å². The van der Waals surface area contributed by atoms with Crippen LogP contribution in [0.25, 0.3) is 0 Å². The second-order valence-corrected chi connectivity index (χ2v) is 4.80. The SMILES string of the molecule is CCCCC1C(=O)C(=O)C2=C(O2)C12CC2. The highest BCUT2D eigenvalue weighted by atomic mass is 16.6. The van der Waals surface area contributed by atoms with Gasteiger partial charge < -0.3 is 4.74 Å². The Kier molecular flexibility index (Phi) is 1.65. The maximum absolute atomic E-state index is 11.9. The van der Waals surface area contributed by atoms with Crippen molar-refractivity contribution in [3.63, 3.8) is 0 Å². The van der Waals surface area contributed by atoms with Crippen LogP contribution < -0.4 is 0 Å². The van der Waals surface area contributed by atoms with Crippen LogP contribution in [0.15, 0.2) is 11.5 Å². The summed E-state index contributed by atoms with van der Waals surface area (Å²) in [5, 5.41) is 0. The largest absolute Gasteiger partial charge is 0.449 e. The van der Waals surface area contributed by atoms with Crippen molar-refractivity contribution in [3.8, 4) is 0 Å². The average Bonchev–Trinajstić information content (AvgIpc) is 3.07. The van der Waals surface area contributed by atoms with Gasteiger partial charge in [0.05, 0.1) is 0 Å². The predicted octanol–water partition coefficient (Wildman–Crippen LogP) is 1.97. The lowest BCUT2D eigenvalue weighted by molar-refractivity contribution is -0.138. The van der Waals surface area contributed by atoms with E-state index in [1.54, 1.807) is 0 Å². The van der Waals surface area contributed by atoms with Crippen molar-refractivity contribution in [3.05, 3.63) is 11.5 Å². The molecule has 0 saturated heterocycles. The van der Waals surface area contributed by atoms with Crippen molar-refractivity contribution >= 4 is 11.6 Å². The third kappa shape index (κ3) is 1.06. The molecule has 0 bridgehead atoms. The van der Waals surface area contributed by atoms with E-state index in [1.807, 2.05) is 0 Å². The average molecular weight is 206 g/mol. The zero-order valence-electron chi connectivity index (χ0n) is 8.84. The number of fused-ring (bicyclic) bond motifs is 1. The molecule has 80 valence electrons. The molecular formula is C12H14O3. The van der Waals surface area contributed by atoms with E-state index in [4.69, 9.17) is 4.74 Å². The number of unbranched alkanes of at least 4 members (excludes halogenated alkanes) is 1. The molecule has 1 heterocycles. The maximum atomic E-state index is 11.9. The van der Waals surface area contributed by atoms with Crippen molar-refractivity contribution in [1.82, 2.24) is 0 Å². The molecule has 3 rings (SSSR count). The number of hydrogen-bond acceptors (Lipinski definition) is 3. The van der Waals surface area contributed by atoms with Crippen LogP contribution in [0.5, 0.6) is 0 Å². The summed E-state index contributed by atoms with van der Waals surface area (Å²) in [5.74, 6) is 0.588. The van der Waals surface area contributed by atoms with Gasteiger partial charge in [0.15, 0.2) is 5.76 Å². The first kappa shape index (κ1) is 9.13. The minimum Gasteiger partial charge on any atom is -0.449 e. The van der Waals surface area contributed by atoms with Gasteiger partial charge in [-0.15, -0.1) is 0 Å². The third-order valence-electron chi connectivity index (χ3n) is 3.87. The first-order chi connectivity index (χ1) is 7.20. The molecule has 1 spiro atoms. The van der Waals surface area contributed by atoms with Crippen molar-refractivity contribution in [2.24, 2.45) is 11.3 Å². The van der Waals surface area contributed by atoms with Crippen LogP contribution in [-0.2, 0) is 14.3 Å². The van der Waals surface area contributed by atoms with Crippen molar-refractivity contribution in [1.29, 1.82) is 0 Å². The van der Waals surface area contributed by atoms with Crippen LogP contribution in [-0.4, -0.2) is 11.6 Å². The molecule has 3 heteroatoms. The van der Waals surface area contributed by atoms with Crippen LogP contribution in [0, 0.1) is 11.3 Å². The summed E-state index contributed by atoms with van der Waals surface area (Å²) in [7, 11) is 0. The Hall–Kier alpha value is -1.12. The Labute approximate surface area is 88.5 Å². The van der Waals surface area contributed by atoms with Crippen LogP contribution in [0.3, 0.4) is 0 Å². The maximum Gasteiger partial charge on any atom is 0.267 e. The predicted molar refractivity (Wildman–Crippen MR) is 52.8 cm³/mol. The minimum absolute atomic E-state index is 0.0322. The summed E-state index contributed by atoms with van der Waals surface area (Å²) in [5.41, 5.74) is -0.0322. The zero-order valence-corrected chi connectivity index (χ0v) is 8.84. The van der Waals surface area contributed by atoms with Crippen LogP contribution in [0.4, 0.5) is 0 Å². The zero-order chi connectivity index (χ0) is 10.6. The normalized spacial score (nSPS) is 30.3. The van der Waals surface area contributed by atoms with E-state index in [0.717, 1.165) is 37.9 Å². The van der Waals surface area contributed by atoms with E-state index in [2.05, 4.69) is 6.92 Å². The van der Waals surface area contributed by atoms with Crippen LogP contribution in [0.1, 0.15) is 39.0 Å². The van der Waals surface area contributed by atoms with Gasteiger partial charge in [-0.2, -0.15) is 0 Å². The molecule has 0 radical (unpaired) electrons. The van der Waals surface area contributed by atoms with Crippen LogP contribution in [0.2, 0.25) is 0 Å². The molecule has 0 N–H and O–H groups in total. The standard InChI is InChI=1S/C12H14O3/c1-2-3-4-7-8(13)9(14)10-11(15-10)12(7)5-6-12/h7H,2-6H2,1H3. The van der Waals surface area contributed by atoms with E-state index in [0.29, 0.717) is 5.76 Å². The van der Waals surface area contributed by atoms with Crippen LogP contribution >= 0.6 is 0 Å². The molecule has 0 amide bonds. The van der Waals surface area contributed by atoms with Gasteiger partial charge in [0.1, 0.15) is 0 Å². The van der Waals surface area contributed by atoms with E-state index >= 15 is 0 Å². The number of hydrogen-bond donors (Lipinski definition) is 0. The van der Waals surface area contributed by atoms with Crippen molar-refractivity contribution in [2.75, 3.05) is 0 Å². The highest BCUT2D eigenvalue weighted by molar-refractivity contribution is 6.46. The first-order valence-electron chi connectivity index (χ1n) is 5.72. The Morgan fingerprint density at radius 1 is 1.40 bits per heavy atom. The second-order valence-electron chi connectivity index (χ2n) is 4.80. The fourth-order valence-electron chi connectivity index (χ4n) is 2.76. The number of Topliss-reactive ketones (excluding diaryl/α,β-unsaturated/α-hetero) is 2. The molecule has 1 unspecified atom stereocenters. The summed E-state index contributed by atoms with van der Waals surface area (Å²) in [4.78, 5) is 23.4. The quantitative estimate of drug-likeness (QED) is 0.663. The van der Waals surface area contributed by atoms with Crippen molar-refractivity contribution < 1.29 is 14.3 Å². The molecule has 3 nitrogen and oxygen atoms in total. The van der Waals surface area contributed by atoms with E-state index in [9.17, 15) is 9.59 Å². The topological polar surface area (TPSA) is 46.7 Å². The van der Waals surface area contributed by atoms with Gasteiger partial charge in [0, 0.05) is 11.3 Å². The summed E-state index contributed by atoms with van der Waals surface area (Å²) in [6, 6.07) is 0. The molecule has 1 atom stereocenters. The fourth-order valence-corrected chi connectivity index (χ4v) is 2.76. The Morgan fingerprint density at radius 2 is 2.13 bits per heavy atom. The monoisotopic (exact) mass is 206 g/mol. The Balaban J connectivity index is 1.90. The number of carbonyl (C=O) groups is 2. The Morgan fingerprint density at radius 3 is 2.73 bits per heavy atom. The molecule has 0 aromatic carbocycles. The van der Waals surface area contributed by atoms with E-state index < -0.39 is 0 Å². The number of allylic oxidation sites excluding steroid dienone is 2. The highest BCUT2D eigenvalue weighted by Crippen LogP contribution is 2.66. The molecule has 0 aromatic rings. The van der Waals surface area contributed by atoms with Gasteiger partial charge in [-0.05, 0) is 19.3 Å². The number of carbonyl (C=O) groups excluding carboxylic acids is 2. The molecular weight excluding hydrogens is 192 g/mol. The molecule has 3 aliphatic rings. The van der Waals surface area contributed by atoms with E-state index in [1.165, 1.54) is 0 Å². The second kappa shape index (κ2) is 2.71. The molecule has 1 aliphatic heterocycles. The fraction of sp³-hybridized carbons (Fsp3) is 0.667.